The van der Waals surface area contributed by atoms with Gasteiger partial charge in [-0.25, -0.2) is 18.7 Å². The second-order valence-electron chi connectivity index (χ2n) is 7.15. The Labute approximate surface area is 206 Å². The number of nitrogens with two attached hydrogens (primary N) is 1. The summed E-state index contributed by atoms with van der Waals surface area (Å²) in [6.07, 6.45) is -7.07. The largest absolute Gasteiger partial charge is 0.490 e. The number of phosphoric acid groups is 3. The lowest BCUT2D eigenvalue weighted by atomic mass is 10.1. The lowest BCUT2D eigenvalue weighted by Crippen LogP contribution is -2.38. The molecule has 0 spiro atoms. The van der Waals surface area contributed by atoms with Gasteiger partial charge in [0, 0.05) is 18.9 Å². The van der Waals surface area contributed by atoms with E-state index in [0.29, 0.717) is 17.2 Å². The van der Waals surface area contributed by atoms with Gasteiger partial charge in [0.1, 0.15) is 12.2 Å². The number of aliphatic hydroxyl groups is 2. The highest BCUT2D eigenvalue weighted by Crippen LogP contribution is 2.68. The number of rotatable bonds is 10. The Balaban J connectivity index is 1.94. The molecule has 2 heterocycles. The molecule has 0 saturated carbocycles. The molecule has 2 aromatic rings. The molecule has 2 unspecified atom stereocenters. The van der Waals surface area contributed by atoms with Gasteiger partial charge in [-0.05, 0) is 0 Å². The van der Waals surface area contributed by atoms with Crippen molar-refractivity contribution in [3.05, 3.63) is 52.6 Å². The Morgan fingerprint density at radius 2 is 1.70 bits per heavy atom. The number of aromatic nitrogens is 2. The predicted molar refractivity (Wildman–Crippen MR) is 118 cm³/mol. The van der Waals surface area contributed by atoms with Gasteiger partial charge in [-0.3, -0.25) is 23.2 Å². The molecule has 18 nitrogen and oxygen atoms in total. The van der Waals surface area contributed by atoms with Crippen LogP contribution < -0.4 is 11.3 Å². The molecule has 1 aliphatic rings. The zero-order valence-electron chi connectivity index (χ0n) is 18.4. The minimum Gasteiger partial charge on any atom is -0.385 e. The van der Waals surface area contributed by atoms with Crippen molar-refractivity contribution < 1.29 is 65.8 Å². The number of primary amides is 1. The van der Waals surface area contributed by atoms with Gasteiger partial charge in [-0.15, -0.1) is 0 Å². The van der Waals surface area contributed by atoms with Crippen LogP contribution in [-0.2, 0) is 36.1 Å². The van der Waals surface area contributed by atoms with Crippen molar-refractivity contribution in [2.75, 3.05) is 7.11 Å². The molecular weight excluding hydrogens is 567 g/mol. The molecule has 3 rings (SSSR count). The standard InChI is InChI=1S/C16H20N3O15P3/c1-30-37(29,34-36(27,28)33-35(24,25)26)32-16-12(21)11(20)15(31-16)19-7-9(8-5-3-2-4-6-8)18-10(13(17)22)14(19)23/h2-7,11-12,15-16,20-21H,1H3,(H2,17,22)(H,27,28)(H2,24,25,26)/t11-,12+,15-,16-,37?/m1/s1. The second kappa shape index (κ2) is 10.9. The van der Waals surface area contributed by atoms with Crippen LogP contribution in [0.3, 0.4) is 0 Å². The Hall–Kier alpha value is -2.14. The van der Waals surface area contributed by atoms with Crippen LogP contribution in [-0.4, -0.2) is 66.0 Å². The first-order valence-corrected chi connectivity index (χ1v) is 14.2. The van der Waals surface area contributed by atoms with E-state index >= 15 is 0 Å². The summed E-state index contributed by atoms with van der Waals surface area (Å²) in [4.78, 5) is 55.3. The molecule has 7 N–H and O–H groups in total. The van der Waals surface area contributed by atoms with Crippen LogP contribution in [0.1, 0.15) is 16.7 Å². The molecule has 1 fully saturated rings. The molecule has 1 aliphatic heterocycles. The van der Waals surface area contributed by atoms with Gasteiger partial charge < -0.3 is 35.4 Å². The number of ether oxygens (including phenoxy) is 1. The second-order valence-corrected chi connectivity index (χ2v) is 11.8. The first-order chi connectivity index (χ1) is 17.1. The number of benzene rings is 1. The lowest BCUT2D eigenvalue weighted by molar-refractivity contribution is -0.136. The number of hydrogen-bond acceptors (Lipinski definition) is 13. The molecular formula is C16H20N3O15P3. The quantitative estimate of drug-likeness (QED) is 0.193. The number of amides is 1. The first kappa shape index (κ1) is 29.4. The van der Waals surface area contributed by atoms with Crippen LogP contribution in [0.4, 0.5) is 0 Å². The minimum atomic E-state index is -5.77. The van der Waals surface area contributed by atoms with Gasteiger partial charge in [0.2, 0.25) is 0 Å². The first-order valence-electron chi connectivity index (χ1n) is 9.71. The van der Waals surface area contributed by atoms with E-state index in [2.05, 4.69) is 18.1 Å². The number of nitrogens with zero attached hydrogens (tertiary/aromatic N) is 2. The third kappa shape index (κ3) is 7.04. The molecule has 37 heavy (non-hydrogen) atoms. The molecule has 0 aliphatic carbocycles. The van der Waals surface area contributed by atoms with E-state index in [1.807, 2.05) is 0 Å². The SMILES string of the molecule is COP(=O)(O[C@H]1O[C@@H](n2cc(-c3ccccc3)nc(C(N)=O)c2=O)[C@H](O)[C@@H]1O)OP(=O)(O)OP(=O)(O)O. The van der Waals surface area contributed by atoms with Crippen LogP contribution in [0.5, 0.6) is 0 Å². The van der Waals surface area contributed by atoms with Crippen LogP contribution in [0.2, 0.25) is 0 Å². The summed E-state index contributed by atoms with van der Waals surface area (Å²) in [6, 6.07) is 8.09. The van der Waals surface area contributed by atoms with Gasteiger partial charge in [0.25, 0.3) is 11.5 Å². The summed E-state index contributed by atoms with van der Waals surface area (Å²) in [7, 11) is -16.0. The summed E-state index contributed by atoms with van der Waals surface area (Å²) in [5.74, 6) is -1.22. The average Bonchev–Trinajstić information content (AvgIpc) is 3.05. The molecule has 0 radical (unpaired) electrons. The summed E-state index contributed by atoms with van der Waals surface area (Å²) >= 11 is 0. The van der Waals surface area contributed by atoms with Crippen molar-refractivity contribution >= 4 is 29.4 Å². The van der Waals surface area contributed by atoms with Crippen LogP contribution in [0.25, 0.3) is 11.3 Å². The van der Waals surface area contributed by atoms with Gasteiger partial charge >= 0.3 is 23.5 Å². The van der Waals surface area contributed by atoms with Crippen molar-refractivity contribution in [2.45, 2.75) is 24.7 Å². The van der Waals surface area contributed by atoms with Crippen molar-refractivity contribution in [2.24, 2.45) is 5.73 Å². The minimum absolute atomic E-state index is 0.0327. The van der Waals surface area contributed by atoms with E-state index in [9.17, 15) is 38.4 Å². The third-order valence-corrected chi connectivity index (χ3v) is 8.79. The van der Waals surface area contributed by atoms with E-state index in [1.54, 1.807) is 30.3 Å². The number of carbonyl (C=O) groups is 1. The molecule has 1 amide bonds. The van der Waals surface area contributed by atoms with Gasteiger partial charge in [0.15, 0.2) is 18.2 Å². The average molecular weight is 587 g/mol. The van der Waals surface area contributed by atoms with Crippen molar-refractivity contribution in [3.8, 4) is 11.3 Å². The molecule has 6 atom stereocenters. The van der Waals surface area contributed by atoms with Crippen molar-refractivity contribution in [3.63, 3.8) is 0 Å². The highest BCUT2D eigenvalue weighted by molar-refractivity contribution is 7.66. The maximum Gasteiger partial charge on any atom is 0.490 e. The summed E-state index contributed by atoms with van der Waals surface area (Å²) in [5, 5.41) is 20.8. The normalized spacial score (nSPS) is 25.4. The van der Waals surface area contributed by atoms with Crippen LogP contribution in [0.15, 0.2) is 41.3 Å². The Bertz CT molecular complexity index is 1360. The van der Waals surface area contributed by atoms with Gasteiger partial charge in [-0.1, -0.05) is 30.3 Å². The summed E-state index contributed by atoms with van der Waals surface area (Å²) in [5.41, 5.74) is 3.79. The monoisotopic (exact) mass is 587 g/mol. The fourth-order valence-electron chi connectivity index (χ4n) is 3.05. The van der Waals surface area contributed by atoms with Gasteiger partial charge in [0.05, 0.1) is 5.69 Å². The van der Waals surface area contributed by atoms with E-state index in [1.165, 1.54) is 0 Å². The number of hydrogen-bond donors (Lipinski definition) is 6. The highest BCUT2D eigenvalue weighted by atomic mass is 31.3. The molecule has 1 aromatic carbocycles. The molecule has 204 valence electrons. The smallest absolute Gasteiger partial charge is 0.385 e. The fourth-order valence-corrected chi connectivity index (χ4v) is 6.46. The maximum atomic E-state index is 12.8. The van der Waals surface area contributed by atoms with Crippen molar-refractivity contribution in [1.82, 2.24) is 9.55 Å². The Kier molecular flexibility index (Phi) is 8.68. The maximum absolute atomic E-state index is 12.8. The predicted octanol–water partition coefficient (Wildman–Crippen LogP) is -0.417. The highest BCUT2D eigenvalue weighted by Gasteiger charge is 2.51. The van der Waals surface area contributed by atoms with E-state index in [-0.39, 0.29) is 5.69 Å². The zero-order valence-corrected chi connectivity index (χ0v) is 21.1. The van der Waals surface area contributed by atoms with Crippen LogP contribution >= 0.6 is 23.5 Å². The topological polar surface area (TPSA) is 276 Å². The lowest BCUT2D eigenvalue weighted by Gasteiger charge is -2.22. The number of carbonyl (C=O) groups excluding carboxylic acids is 1. The summed E-state index contributed by atoms with van der Waals surface area (Å²) in [6.45, 7) is 0. The molecule has 1 aromatic heterocycles. The van der Waals surface area contributed by atoms with E-state index < -0.39 is 65.4 Å². The zero-order chi connectivity index (χ0) is 27.8. The fraction of sp³-hybridized carbons (Fsp3) is 0.312. The van der Waals surface area contributed by atoms with Gasteiger partial charge in [-0.2, -0.15) is 8.62 Å². The molecule has 0 bridgehead atoms. The summed E-state index contributed by atoms with van der Waals surface area (Å²) < 4.78 is 57.8. The van der Waals surface area contributed by atoms with Crippen molar-refractivity contribution in [1.29, 1.82) is 0 Å². The Morgan fingerprint density at radius 1 is 1.08 bits per heavy atom. The van der Waals surface area contributed by atoms with E-state index in [0.717, 1.165) is 6.20 Å². The molecule has 1 saturated heterocycles. The van der Waals surface area contributed by atoms with Crippen LogP contribution in [0, 0.1) is 0 Å². The number of phosphoric ester groups is 1. The number of aliphatic hydroxyl groups excluding tert-OH is 2. The molecule has 21 heteroatoms. The third-order valence-electron chi connectivity index (χ3n) is 4.57. The Morgan fingerprint density at radius 3 is 2.24 bits per heavy atom. The van der Waals surface area contributed by atoms with E-state index in [4.69, 9.17) is 24.8 Å².